The molecule has 1 spiro atoms. The number of amides is 2. The number of aromatic nitrogens is 4. The highest BCUT2D eigenvalue weighted by molar-refractivity contribution is 6.09. The topological polar surface area (TPSA) is 99.5 Å². The lowest BCUT2D eigenvalue weighted by Crippen LogP contribution is -2.58. The van der Waals surface area contributed by atoms with E-state index in [0.717, 1.165) is 55.0 Å². The predicted molar refractivity (Wildman–Crippen MR) is 184 cm³/mol. The molecule has 10 nitrogen and oxygen atoms in total. The predicted octanol–water partition coefficient (Wildman–Crippen LogP) is 6.34. The summed E-state index contributed by atoms with van der Waals surface area (Å²) in [5.41, 5.74) is 4.02. The summed E-state index contributed by atoms with van der Waals surface area (Å²) in [5.74, 6) is -1.20. The molecule has 0 unspecified atom stereocenters. The van der Waals surface area contributed by atoms with Crippen molar-refractivity contribution in [2.45, 2.75) is 89.3 Å². The molecular formula is C37H42F2N8O2. The molecule has 49 heavy (non-hydrogen) atoms. The number of benzene rings is 1. The zero-order chi connectivity index (χ0) is 34.0. The number of likely N-dealkylation sites (tertiary alicyclic amines) is 2. The molecule has 1 saturated carbocycles. The van der Waals surface area contributed by atoms with Crippen molar-refractivity contribution in [3.63, 3.8) is 0 Å². The Bertz CT molecular complexity index is 1940. The first-order chi connectivity index (χ1) is 23.6. The number of halogens is 2. The molecule has 0 bridgehead atoms. The molecule has 8 rings (SSSR count). The van der Waals surface area contributed by atoms with Gasteiger partial charge in [0.2, 0.25) is 11.8 Å². The number of imidazole rings is 1. The van der Waals surface area contributed by atoms with Crippen molar-refractivity contribution in [1.29, 1.82) is 0 Å². The first kappa shape index (κ1) is 31.8. The van der Waals surface area contributed by atoms with Gasteiger partial charge in [-0.05, 0) is 83.2 Å². The highest BCUT2D eigenvalue weighted by Crippen LogP contribution is 2.52. The van der Waals surface area contributed by atoms with E-state index in [2.05, 4.69) is 37.2 Å². The zero-order valence-corrected chi connectivity index (χ0v) is 28.3. The molecule has 3 fully saturated rings. The molecule has 4 aromatic rings. The van der Waals surface area contributed by atoms with Crippen LogP contribution >= 0.6 is 0 Å². The van der Waals surface area contributed by atoms with E-state index < -0.39 is 17.0 Å². The van der Waals surface area contributed by atoms with Crippen molar-refractivity contribution < 1.29 is 18.4 Å². The van der Waals surface area contributed by atoms with E-state index in [1.807, 2.05) is 35.4 Å². The molecule has 2 amide bonds. The molecule has 6 heterocycles. The molecule has 1 N–H and O–H groups in total. The van der Waals surface area contributed by atoms with Crippen LogP contribution < -0.4 is 10.2 Å². The number of hydrogen-bond donors (Lipinski definition) is 1. The third kappa shape index (κ3) is 5.35. The van der Waals surface area contributed by atoms with Crippen molar-refractivity contribution in [3.8, 4) is 11.3 Å². The van der Waals surface area contributed by atoms with Gasteiger partial charge in [0.1, 0.15) is 11.3 Å². The Morgan fingerprint density at radius 3 is 2.41 bits per heavy atom. The quantitative estimate of drug-likeness (QED) is 0.256. The summed E-state index contributed by atoms with van der Waals surface area (Å²) in [7, 11) is 0. The van der Waals surface area contributed by atoms with Crippen LogP contribution in [0, 0.1) is 11.6 Å². The number of fused-ring (bicyclic) bond motifs is 3. The summed E-state index contributed by atoms with van der Waals surface area (Å²) in [6, 6.07) is 9.49. The van der Waals surface area contributed by atoms with Gasteiger partial charge < -0.3 is 24.6 Å². The van der Waals surface area contributed by atoms with Gasteiger partial charge in [0.25, 0.3) is 0 Å². The zero-order valence-electron chi connectivity index (χ0n) is 28.3. The average Bonchev–Trinajstić information content (AvgIpc) is 3.60. The molecule has 0 radical (unpaired) electrons. The lowest BCUT2D eigenvalue weighted by Gasteiger charge is -2.48. The molecule has 4 aliphatic rings. The van der Waals surface area contributed by atoms with Crippen molar-refractivity contribution in [2.24, 2.45) is 0 Å². The first-order valence-corrected chi connectivity index (χ1v) is 17.6. The normalized spacial score (nSPS) is 22.2. The fourth-order valence-electron chi connectivity index (χ4n) is 8.46. The lowest BCUT2D eigenvalue weighted by atomic mass is 9.73. The fraction of sp³-hybridized carbons (Fsp3) is 0.486. The van der Waals surface area contributed by atoms with Crippen LogP contribution in [0.2, 0.25) is 0 Å². The lowest BCUT2D eigenvalue weighted by molar-refractivity contribution is -0.134. The van der Waals surface area contributed by atoms with E-state index in [9.17, 15) is 18.4 Å². The van der Waals surface area contributed by atoms with Gasteiger partial charge in [0.15, 0.2) is 17.5 Å². The minimum Gasteiger partial charge on any atom is -0.343 e. The minimum atomic E-state index is -0.827. The van der Waals surface area contributed by atoms with Crippen LogP contribution in [0.25, 0.3) is 22.3 Å². The van der Waals surface area contributed by atoms with Gasteiger partial charge in [-0.25, -0.2) is 23.7 Å². The highest BCUT2D eigenvalue weighted by atomic mass is 19.1. The molecule has 2 saturated heterocycles. The van der Waals surface area contributed by atoms with Crippen LogP contribution in [0.4, 0.5) is 26.1 Å². The van der Waals surface area contributed by atoms with Crippen LogP contribution in [0.1, 0.15) is 77.3 Å². The van der Waals surface area contributed by atoms with E-state index >= 15 is 0 Å². The Balaban J connectivity index is 1.19. The summed E-state index contributed by atoms with van der Waals surface area (Å²) in [5, 5.41) is 3.01. The van der Waals surface area contributed by atoms with Crippen molar-refractivity contribution in [1.82, 2.24) is 29.3 Å². The monoisotopic (exact) mass is 668 g/mol. The number of hydrogen-bond acceptors (Lipinski definition) is 7. The van der Waals surface area contributed by atoms with Crippen LogP contribution in [0.5, 0.6) is 0 Å². The Morgan fingerprint density at radius 1 is 0.959 bits per heavy atom. The van der Waals surface area contributed by atoms with Gasteiger partial charge in [0.05, 0.1) is 29.1 Å². The standard InChI is InChI=1S/C37H42F2N8O2/c1-22(2)46-21-41-31-19-30(42-35(33(31)46)43-34-29(39)16-25(38)20-40-34)24-7-8-28-32(15-24)47(27-17-26(18-27)45-11-5-4-6-12-45)36(49)37(28)9-13-44(14-10-37)23(3)48/h7-8,15-16,19-22,26-27H,4-6,9-14,17-18H2,1-3H3,(H,40,42,43)/t26-,27+. The van der Waals surface area contributed by atoms with Gasteiger partial charge in [-0.15, -0.1) is 0 Å². The Kier molecular flexibility index (Phi) is 7.89. The summed E-state index contributed by atoms with van der Waals surface area (Å²) >= 11 is 0. The molecule has 3 aliphatic heterocycles. The minimum absolute atomic E-state index is 0.0394. The van der Waals surface area contributed by atoms with E-state index in [1.165, 1.54) is 19.3 Å². The highest BCUT2D eigenvalue weighted by Gasteiger charge is 2.55. The Labute approximate surface area is 284 Å². The summed E-state index contributed by atoms with van der Waals surface area (Å²) in [4.78, 5) is 46.9. The van der Waals surface area contributed by atoms with Gasteiger partial charge in [-0.1, -0.05) is 18.6 Å². The second kappa shape index (κ2) is 12.2. The van der Waals surface area contributed by atoms with E-state index in [0.29, 0.717) is 54.5 Å². The molecule has 0 atom stereocenters. The second-order valence-electron chi connectivity index (χ2n) is 14.4. The molecular weight excluding hydrogens is 626 g/mol. The van der Waals surface area contributed by atoms with Crippen LogP contribution in [0.15, 0.2) is 42.9 Å². The number of pyridine rings is 2. The summed E-state index contributed by atoms with van der Waals surface area (Å²) < 4.78 is 30.4. The maximum absolute atomic E-state index is 14.8. The third-order valence-electron chi connectivity index (χ3n) is 11.3. The van der Waals surface area contributed by atoms with E-state index in [4.69, 9.17) is 4.98 Å². The van der Waals surface area contributed by atoms with Gasteiger partial charge in [-0.2, -0.15) is 0 Å². The second-order valence-corrected chi connectivity index (χ2v) is 14.4. The summed E-state index contributed by atoms with van der Waals surface area (Å²) in [6.45, 7) is 9.00. The summed E-state index contributed by atoms with van der Waals surface area (Å²) in [6.07, 6.45) is 9.55. The van der Waals surface area contributed by atoms with Crippen LogP contribution in [0.3, 0.4) is 0 Å². The van der Waals surface area contributed by atoms with Crippen LogP contribution in [-0.2, 0) is 15.0 Å². The van der Waals surface area contributed by atoms with Crippen molar-refractivity contribution in [2.75, 3.05) is 36.4 Å². The first-order valence-electron chi connectivity index (χ1n) is 17.6. The maximum atomic E-state index is 14.8. The average molecular weight is 669 g/mol. The SMILES string of the molecule is CC(=O)N1CCC2(CC1)C(=O)N([C@H]1C[C@@H](N3CCCCC3)C1)c1cc(-c3cc4ncn(C(C)C)c4c(Nc4ncc(F)cc4F)n3)ccc12. The number of nitrogens with zero attached hydrogens (tertiary/aromatic N) is 7. The number of anilines is 3. The Morgan fingerprint density at radius 2 is 1.71 bits per heavy atom. The van der Waals surface area contributed by atoms with Gasteiger partial charge in [0, 0.05) is 55.5 Å². The molecule has 1 aliphatic carbocycles. The number of piperidine rings is 2. The fourth-order valence-corrected chi connectivity index (χ4v) is 8.46. The van der Waals surface area contributed by atoms with Gasteiger partial charge in [-0.3, -0.25) is 9.59 Å². The maximum Gasteiger partial charge on any atom is 0.238 e. The largest absolute Gasteiger partial charge is 0.343 e. The number of carbonyl (C=O) groups is 2. The van der Waals surface area contributed by atoms with Crippen molar-refractivity contribution >= 4 is 40.2 Å². The van der Waals surface area contributed by atoms with Gasteiger partial charge >= 0.3 is 0 Å². The molecule has 3 aromatic heterocycles. The van der Waals surface area contributed by atoms with Crippen LogP contribution in [-0.4, -0.2) is 79.4 Å². The molecule has 12 heteroatoms. The number of carbonyl (C=O) groups excluding carboxylic acids is 2. The molecule has 256 valence electrons. The van der Waals surface area contributed by atoms with Crippen molar-refractivity contribution in [3.05, 3.63) is 60.1 Å². The van der Waals surface area contributed by atoms with E-state index in [1.54, 1.807) is 13.3 Å². The van der Waals surface area contributed by atoms with E-state index in [-0.39, 0.29) is 29.7 Å². The molecule has 1 aromatic carbocycles. The third-order valence-corrected chi connectivity index (χ3v) is 11.3. The number of nitrogens with one attached hydrogen (secondary N) is 1. The Hall–Kier alpha value is -4.45. The smallest absolute Gasteiger partial charge is 0.238 e. The number of rotatable bonds is 6.